The van der Waals surface area contributed by atoms with Crippen molar-refractivity contribution in [1.82, 2.24) is 14.9 Å². The van der Waals surface area contributed by atoms with Crippen molar-refractivity contribution in [2.24, 2.45) is 11.8 Å². The number of rotatable bonds is 9. The van der Waals surface area contributed by atoms with Gasteiger partial charge in [0, 0.05) is 12.6 Å². The van der Waals surface area contributed by atoms with E-state index < -0.39 is 16.1 Å². The van der Waals surface area contributed by atoms with Crippen molar-refractivity contribution in [3.05, 3.63) is 24.3 Å². The van der Waals surface area contributed by atoms with E-state index in [0.717, 1.165) is 19.0 Å². The number of nitrogens with zero attached hydrogens (tertiary/aromatic N) is 1. The number of likely N-dealkylation sites (tertiary alicyclic amines) is 1. The molecule has 8 heteroatoms. The van der Waals surface area contributed by atoms with Crippen LogP contribution >= 0.6 is 0 Å². The van der Waals surface area contributed by atoms with Gasteiger partial charge in [0.25, 0.3) is 0 Å². The molecular weight excluding hydrogens is 390 g/mol. The van der Waals surface area contributed by atoms with E-state index >= 15 is 0 Å². The minimum absolute atomic E-state index is 0.104. The lowest BCUT2D eigenvalue weighted by atomic mass is 9.98. The number of sulfonamides is 1. The Hall–Kier alpha value is -1.64. The maximum absolute atomic E-state index is 12.8. The summed E-state index contributed by atoms with van der Waals surface area (Å²) >= 11 is 0. The van der Waals surface area contributed by atoms with Gasteiger partial charge in [-0.2, -0.15) is 4.72 Å². The summed E-state index contributed by atoms with van der Waals surface area (Å²) in [7, 11) is -2.30. The predicted octanol–water partition coefficient (Wildman–Crippen LogP) is 2.23. The second kappa shape index (κ2) is 10.4. The molecule has 0 spiro atoms. The van der Waals surface area contributed by atoms with Crippen molar-refractivity contribution in [3.8, 4) is 5.75 Å². The van der Waals surface area contributed by atoms with Gasteiger partial charge in [0.2, 0.25) is 15.9 Å². The molecule has 0 radical (unpaired) electrons. The number of carbonyl (C=O) groups excluding carboxylic acids is 1. The summed E-state index contributed by atoms with van der Waals surface area (Å²) in [5, 5.41) is 2.94. The van der Waals surface area contributed by atoms with Crippen molar-refractivity contribution in [2.75, 3.05) is 26.7 Å². The lowest BCUT2D eigenvalue weighted by Crippen LogP contribution is -2.52. The van der Waals surface area contributed by atoms with E-state index in [-0.39, 0.29) is 22.8 Å². The fourth-order valence-electron chi connectivity index (χ4n) is 3.44. The highest BCUT2D eigenvalue weighted by atomic mass is 32.2. The highest BCUT2D eigenvalue weighted by Crippen LogP contribution is 2.18. The summed E-state index contributed by atoms with van der Waals surface area (Å²) in [4.78, 5) is 15.2. The lowest BCUT2D eigenvalue weighted by Gasteiger charge is -2.35. The van der Waals surface area contributed by atoms with Gasteiger partial charge in [-0.15, -0.1) is 0 Å². The molecule has 1 amide bonds. The number of ether oxygens (including phenoxy) is 1. The van der Waals surface area contributed by atoms with Gasteiger partial charge < -0.3 is 10.1 Å². The Morgan fingerprint density at radius 2 is 1.76 bits per heavy atom. The molecule has 1 aromatic rings. The number of nitrogens with one attached hydrogen (secondary N) is 2. The fraction of sp³-hybridized carbons (Fsp3) is 0.667. The van der Waals surface area contributed by atoms with E-state index in [1.165, 1.54) is 32.1 Å². The Balaban J connectivity index is 1.97. The van der Waals surface area contributed by atoms with Crippen molar-refractivity contribution in [1.29, 1.82) is 0 Å². The molecule has 1 aliphatic rings. The van der Waals surface area contributed by atoms with Crippen molar-refractivity contribution < 1.29 is 17.9 Å². The lowest BCUT2D eigenvalue weighted by molar-refractivity contribution is -0.123. The third kappa shape index (κ3) is 6.69. The molecule has 0 saturated carbocycles. The van der Waals surface area contributed by atoms with E-state index in [4.69, 9.17) is 4.74 Å². The summed E-state index contributed by atoms with van der Waals surface area (Å²) in [6.07, 6.45) is 2.35. The smallest absolute Gasteiger partial charge is 0.241 e. The first kappa shape index (κ1) is 23.6. The molecule has 1 saturated heterocycles. The summed E-state index contributed by atoms with van der Waals surface area (Å²) in [5.74, 6) is 0.845. The second-order valence-electron chi connectivity index (χ2n) is 8.33. The number of piperidine rings is 1. The largest absolute Gasteiger partial charge is 0.497 e. The zero-order valence-electron chi connectivity index (χ0n) is 18.1. The Morgan fingerprint density at radius 1 is 1.17 bits per heavy atom. The van der Waals surface area contributed by atoms with Crippen LogP contribution in [0.5, 0.6) is 5.75 Å². The maximum Gasteiger partial charge on any atom is 0.241 e. The van der Waals surface area contributed by atoms with E-state index in [0.29, 0.717) is 12.3 Å². The molecule has 1 aliphatic heterocycles. The second-order valence-corrected chi connectivity index (χ2v) is 10.0. The molecule has 164 valence electrons. The summed E-state index contributed by atoms with van der Waals surface area (Å²) in [6.45, 7) is 10.6. The van der Waals surface area contributed by atoms with E-state index in [2.05, 4.69) is 28.8 Å². The zero-order valence-corrected chi connectivity index (χ0v) is 19.0. The zero-order chi connectivity index (χ0) is 21.6. The van der Waals surface area contributed by atoms with Crippen molar-refractivity contribution >= 4 is 15.9 Å². The van der Waals surface area contributed by atoms with Crippen LogP contribution in [0.2, 0.25) is 0 Å². The maximum atomic E-state index is 12.8. The van der Waals surface area contributed by atoms with Gasteiger partial charge in [0.15, 0.2) is 0 Å². The summed E-state index contributed by atoms with van der Waals surface area (Å²) < 4.78 is 33.1. The highest BCUT2D eigenvalue weighted by molar-refractivity contribution is 7.89. The number of carbonyl (C=O) groups is 1. The molecule has 29 heavy (non-hydrogen) atoms. The van der Waals surface area contributed by atoms with Gasteiger partial charge >= 0.3 is 0 Å². The molecule has 2 atom stereocenters. The molecule has 0 bridgehead atoms. The first-order chi connectivity index (χ1) is 13.6. The normalized spacial score (nSPS) is 18.4. The topological polar surface area (TPSA) is 87.7 Å². The van der Waals surface area contributed by atoms with E-state index in [9.17, 15) is 13.2 Å². The molecule has 1 heterocycles. The Labute approximate surface area is 175 Å². The molecule has 1 aromatic carbocycles. The van der Waals surface area contributed by atoms with Crippen LogP contribution in [0.3, 0.4) is 0 Å². The van der Waals surface area contributed by atoms with Gasteiger partial charge in [0.1, 0.15) is 11.8 Å². The molecule has 1 unspecified atom stereocenters. The number of benzene rings is 1. The predicted molar refractivity (Wildman–Crippen MR) is 114 cm³/mol. The third-order valence-corrected chi connectivity index (χ3v) is 7.07. The number of hydrogen-bond acceptors (Lipinski definition) is 5. The Bertz CT molecular complexity index is 757. The van der Waals surface area contributed by atoms with E-state index in [1.807, 2.05) is 13.8 Å². The molecule has 0 aliphatic carbocycles. The fourth-order valence-corrected chi connectivity index (χ4v) is 4.78. The van der Waals surface area contributed by atoms with Crippen LogP contribution in [0.25, 0.3) is 0 Å². The molecule has 1 fully saturated rings. The standard InChI is InChI=1S/C21H35N3O4S/c1-15(2)20(23-29(26,27)19-8-6-18(28-5)7-9-19)21(25)22-14-17(4)24-12-10-16(3)11-13-24/h6-9,15-17,20,23H,10-14H2,1-5H3,(H,22,25)/t17?,20-/m0/s1. The first-order valence-electron chi connectivity index (χ1n) is 10.3. The Morgan fingerprint density at radius 3 is 2.28 bits per heavy atom. The average Bonchev–Trinajstić information content (AvgIpc) is 2.70. The molecule has 0 aromatic heterocycles. The third-order valence-electron chi connectivity index (χ3n) is 5.61. The van der Waals surface area contributed by atoms with Crippen LogP contribution in [0, 0.1) is 11.8 Å². The van der Waals surface area contributed by atoms with Crippen LogP contribution in [-0.4, -0.2) is 58.1 Å². The first-order valence-corrected chi connectivity index (χ1v) is 11.8. The van der Waals surface area contributed by atoms with Gasteiger partial charge in [0.05, 0.1) is 12.0 Å². The van der Waals surface area contributed by atoms with Gasteiger partial charge in [-0.3, -0.25) is 9.69 Å². The SMILES string of the molecule is COc1ccc(S(=O)(=O)N[C@H](C(=O)NCC(C)N2CCC(C)CC2)C(C)C)cc1. The number of amides is 1. The van der Waals surface area contributed by atoms with Crippen molar-refractivity contribution in [2.45, 2.75) is 57.5 Å². The van der Waals surface area contributed by atoms with Gasteiger partial charge in [-0.05, 0) is 69.0 Å². The molecule has 2 N–H and O–H groups in total. The number of hydrogen-bond donors (Lipinski definition) is 2. The molecule has 7 nitrogen and oxygen atoms in total. The molecular formula is C21H35N3O4S. The van der Waals surface area contributed by atoms with Gasteiger partial charge in [-0.1, -0.05) is 20.8 Å². The van der Waals surface area contributed by atoms with Crippen molar-refractivity contribution in [3.63, 3.8) is 0 Å². The van der Waals surface area contributed by atoms with E-state index in [1.54, 1.807) is 12.1 Å². The van der Waals surface area contributed by atoms with Crippen LogP contribution in [0.15, 0.2) is 29.2 Å². The van der Waals surface area contributed by atoms with Crippen LogP contribution in [0.4, 0.5) is 0 Å². The summed E-state index contributed by atoms with van der Waals surface area (Å²) in [6, 6.07) is 5.49. The van der Waals surface area contributed by atoms with Crippen LogP contribution < -0.4 is 14.8 Å². The molecule has 2 rings (SSSR count). The summed E-state index contributed by atoms with van der Waals surface area (Å²) in [5.41, 5.74) is 0. The quantitative estimate of drug-likeness (QED) is 0.634. The number of methoxy groups -OCH3 is 1. The highest BCUT2D eigenvalue weighted by Gasteiger charge is 2.29. The van der Waals surface area contributed by atoms with Gasteiger partial charge in [-0.25, -0.2) is 8.42 Å². The van der Waals surface area contributed by atoms with Crippen LogP contribution in [0.1, 0.15) is 40.5 Å². The minimum Gasteiger partial charge on any atom is -0.497 e. The Kier molecular flexibility index (Phi) is 8.48. The minimum atomic E-state index is -3.82. The monoisotopic (exact) mass is 425 g/mol. The average molecular weight is 426 g/mol. The van der Waals surface area contributed by atoms with Crippen LogP contribution in [-0.2, 0) is 14.8 Å².